The van der Waals surface area contributed by atoms with Gasteiger partial charge in [0.25, 0.3) is 0 Å². The molecule has 0 aromatic rings. The third kappa shape index (κ3) is 1.28. The van der Waals surface area contributed by atoms with Crippen LogP contribution in [0.5, 0.6) is 0 Å². The molecule has 2 bridgehead atoms. The zero-order valence-electron chi connectivity index (χ0n) is 6.85. The van der Waals surface area contributed by atoms with Crippen molar-refractivity contribution in [2.75, 3.05) is 6.61 Å². The summed E-state index contributed by atoms with van der Waals surface area (Å²) in [7, 11) is 0. The summed E-state index contributed by atoms with van der Waals surface area (Å²) < 4.78 is 0. The van der Waals surface area contributed by atoms with Crippen LogP contribution >= 0.6 is 0 Å². The maximum atomic E-state index is 9.07. The smallest absolute Gasteiger partial charge is 0.0650 e. The highest BCUT2D eigenvalue weighted by atomic mass is 16.3. The zero-order valence-corrected chi connectivity index (χ0v) is 6.85. The second kappa shape index (κ2) is 3.11. The Hall–Kier alpha value is -1.08. The molecule has 2 atom stereocenters. The Balaban J connectivity index is 2.37. The monoisotopic (exact) mass is 160 g/mol. The molecule has 1 heteroatoms. The number of fused-ring (bicyclic) bond motifs is 1. The lowest BCUT2D eigenvalue weighted by Gasteiger charge is -2.19. The van der Waals surface area contributed by atoms with Crippen LogP contribution in [-0.2, 0) is 0 Å². The van der Waals surface area contributed by atoms with E-state index < -0.39 is 0 Å². The summed E-state index contributed by atoms with van der Waals surface area (Å²) in [6, 6.07) is 0. The van der Waals surface area contributed by atoms with E-state index in [1.54, 1.807) is 0 Å². The van der Waals surface area contributed by atoms with Crippen molar-refractivity contribution in [2.24, 2.45) is 11.8 Å². The van der Waals surface area contributed by atoms with Gasteiger partial charge in [0.05, 0.1) is 6.61 Å². The zero-order chi connectivity index (χ0) is 8.39. The van der Waals surface area contributed by atoms with Gasteiger partial charge in [-0.2, -0.15) is 0 Å². The Morgan fingerprint density at radius 3 is 2.75 bits per heavy atom. The topological polar surface area (TPSA) is 20.2 Å². The molecule has 0 aliphatic heterocycles. The van der Waals surface area contributed by atoms with E-state index in [2.05, 4.69) is 36.5 Å². The fourth-order valence-electron chi connectivity index (χ4n) is 1.63. The lowest BCUT2D eigenvalue weighted by Crippen LogP contribution is -2.10. The van der Waals surface area contributed by atoms with Crippen LogP contribution in [0.4, 0.5) is 0 Å². The second-order valence-corrected chi connectivity index (χ2v) is 3.16. The molecule has 0 aromatic carbocycles. The number of aliphatic hydroxyl groups excluding tert-OH is 1. The van der Waals surface area contributed by atoms with Gasteiger partial charge < -0.3 is 5.11 Å². The number of rotatable bonds is 1. The SMILES string of the molecule is OCC1=CC2C=CC1/C=C\C=C/2. The molecule has 3 rings (SSSR count). The highest BCUT2D eigenvalue weighted by molar-refractivity contribution is 5.33. The first-order chi connectivity index (χ1) is 5.90. The number of hydrogen-bond donors (Lipinski definition) is 1. The molecule has 0 aromatic heterocycles. The lowest BCUT2D eigenvalue weighted by atomic mass is 9.87. The van der Waals surface area contributed by atoms with E-state index in [0.717, 1.165) is 5.57 Å². The molecule has 3 aliphatic carbocycles. The van der Waals surface area contributed by atoms with Gasteiger partial charge >= 0.3 is 0 Å². The van der Waals surface area contributed by atoms with E-state index in [4.69, 9.17) is 5.11 Å². The molecule has 0 heterocycles. The van der Waals surface area contributed by atoms with Crippen LogP contribution in [0.2, 0.25) is 0 Å². The fraction of sp³-hybridized carbons (Fsp3) is 0.273. The number of hydrogen-bond acceptors (Lipinski definition) is 1. The van der Waals surface area contributed by atoms with Crippen LogP contribution in [0.15, 0.2) is 48.1 Å². The molecule has 0 radical (unpaired) electrons. The highest BCUT2D eigenvalue weighted by Gasteiger charge is 2.14. The van der Waals surface area contributed by atoms with Gasteiger partial charge in [-0.3, -0.25) is 0 Å². The first-order valence-corrected chi connectivity index (χ1v) is 4.25. The molecule has 1 nitrogen and oxygen atoms in total. The summed E-state index contributed by atoms with van der Waals surface area (Å²) >= 11 is 0. The van der Waals surface area contributed by atoms with Crippen molar-refractivity contribution in [1.29, 1.82) is 0 Å². The van der Waals surface area contributed by atoms with Crippen molar-refractivity contribution in [3.8, 4) is 0 Å². The van der Waals surface area contributed by atoms with Crippen molar-refractivity contribution >= 4 is 0 Å². The van der Waals surface area contributed by atoms with Crippen LogP contribution in [0.1, 0.15) is 0 Å². The van der Waals surface area contributed by atoms with Crippen molar-refractivity contribution in [1.82, 2.24) is 0 Å². The van der Waals surface area contributed by atoms with Gasteiger partial charge in [-0.15, -0.1) is 0 Å². The Bertz CT molecular complexity index is 281. The Morgan fingerprint density at radius 2 is 1.92 bits per heavy atom. The Labute approximate surface area is 72.4 Å². The average Bonchev–Trinajstić information content (AvgIpc) is 2.05. The van der Waals surface area contributed by atoms with Crippen LogP contribution < -0.4 is 0 Å². The quantitative estimate of drug-likeness (QED) is 0.580. The molecular weight excluding hydrogens is 148 g/mol. The van der Waals surface area contributed by atoms with Gasteiger partial charge in [-0.05, 0) is 5.57 Å². The van der Waals surface area contributed by atoms with Crippen molar-refractivity contribution < 1.29 is 5.11 Å². The van der Waals surface area contributed by atoms with Gasteiger partial charge in [0.1, 0.15) is 0 Å². The minimum Gasteiger partial charge on any atom is -0.392 e. The molecule has 0 saturated heterocycles. The standard InChI is InChI=1S/C11H12O/c12-8-11-7-9-3-1-2-4-10(11)6-5-9/h1-7,9-10,12H,8H2/b3-1-,4-2-. The van der Waals surface area contributed by atoms with Crippen LogP contribution in [0, 0.1) is 11.8 Å². The first-order valence-electron chi connectivity index (χ1n) is 4.25. The van der Waals surface area contributed by atoms with Gasteiger partial charge in [0, 0.05) is 11.8 Å². The molecule has 0 amide bonds. The normalized spacial score (nSPS) is 36.9. The summed E-state index contributed by atoms with van der Waals surface area (Å²) in [5, 5.41) is 9.07. The van der Waals surface area contributed by atoms with Gasteiger partial charge in [0.15, 0.2) is 0 Å². The first kappa shape index (κ1) is 7.56. The van der Waals surface area contributed by atoms with E-state index in [-0.39, 0.29) is 6.61 Å². The summed E-state index contributed by atoms with van der Waals surface area (Å²) in [6.45, 7) is 0.170. The van der Waals surface area contributed by atoms with E-state index in [9.17, 15) is 0 Å². The predicted octanol–water partition coefficient (Wildman–Crippen LogP) is 1.83. The van der Waals surface area contributed by atoms with Gasteiger partial charge in [0.2, 0.25) is 0 Å². The largest absolute Gasteiger partial charge is 0.392 e. The third-order valence-corrected chi connectivity index (χ3v) is 2.32. The Kier molecular flexibility index (Phi) is 1.96. The molecule has 0 saturated carbocycles. The molecule has 12 heavy (non-hydrogen) atoms. The molecule has 1 N–H and O–H groups in total. The summed E-state index contributed by atoms with van der Waals surface area (Å²) in [6.07, 6.45) is 14.8. The molecule has 0 spiro atoms. The van der Waals surface area contributed by atoms with Crippen molar-refractivity contribution in [2.45, 2.75) is 0 Å². The molecule has 0 fully saturated rings. The van der Waals surface area contributed by atoms with E-state index >= 15 is 0 Å². The Morgan fingerprint density at radius 1 is 1.08 bits per heavy atom. The fourth-order valence-corrected chi connectivity index (χ4v) is 1.63. The van der Waals surface area contributed by atoms with E-state index in [0.29, 0.717) is 11.8 Å². The number of aliphatic hydroxyl groups is 1. The number of allylic oxidation sites excluding steroid dienone is 7. The van der Waals surface area contributed by atoms with Crippen LogP contribution in [0.25, 0.3) is 0 Å². The summed E-state index contributed by atoms with van der Waals surface area (Å²) in [5.74, 6) is 0.699. The minimum absolute atomic E-state index is 0.170. The summed E-state index contributed by atoms with van der Waals surface area (Å²) in [5.41, 5.74) is 1.11. The minimum atomic E-state index is 0.170. The van der Waals surface area contributed by atoms with Crippen LogP contribution in [0.3, 0.4) is 0 Å². The van der Waals surface area contributed by atoms with Crippen molar-refractivity contribution in [3.05, 3.63) is 48.1 Å². The third-order valence-electron chi connectivity index (χ3n) is 2.32. The highest BCUT2D eigenvalue weighted by Crippen LogP contribution is 2.25. The van der Waals surface area contributed by atoms with E-state index in [1.807, 2.05) is 6.08 Å². The van der Waals surface area contributed by atoms with E-state index in [1.165, 1.54) is 0 Å². The van der Waals surface area contributed by atoms with Crippen LogP contribution in [-0.4, -0.2) is 11.7 Å². The predicted molar refractivity (Wildman–Crippen MR) is 49.6 cm³/mol. The molecule has 3 aliphatic rings. The second-order valence-electron chi connectivity index (χ2n) is 3.16. The summed E-state index contributed by atoms with van der Waals surface area (Å²) in [4.78, 5) is 0. The molecular formula is C11H12O. The maximum absolute atomic E-state index is 9.07. The van der Waals surface area contributed by atoms with Gasteiger partial charge in [-0.1, -0.05) is 42.5 Å². The average molecular weight is 160 g/mol. The van der Waals surface area contributed by atoms with Gasteiger partial charge in [-0.25, -0.2) is 0 Å². The lowest BCUT2D eigenvalue weighted by molar-refractivity contribution is 0.322. The molecule has 62 valence electrons. The maximum Gasteiger partial charge on any atom is 0.0650 e. The van der Waals surface area contributed by atoms with Crippen molar-refractivity contribution in [3.63, 3.8) is 0 Å². The molecule has 2 unspecified atom stereocenters.